The SMILES string of the molecule is Cc1cccc(S(O[Cl+3]([O-])([O-])[O-])(c2ccc(-c3ccc(I(O[Cl+3]([O-])([O-])[O-])c4ccc(-c5ccc(S(O[Cl+3]([O-])([O-])[O-])(c6cccc(C)c6C)c6cccc(C)c6C)cc5)cc4)cc3)cc2)c2cccc(C)c2C)c1C. The molecule has 0 unspecified atom stereocenters. The first-order valence-electron chi connectivity index (χ1n) is 22.7. The average molecular weight is 1210 g/mol. The monoisotopic (exact) mass is 1210 g/mol. The van der Waals surface area contributed by atoms with Crippen molar-refractivity contribution in [1.82, 2.24) is 0 Å². The van der Waals surface area contributed by atoms with Crippen LogP contribution in [0, 0.1) is 93.3 Å². The number of aryl methyl sites for hydroxylation is 4. The Balaban J connectivity index is 1.13. The third-order valence-corrected chi connectivity index (χ3v) is 28.1. The summed E-state index contributed by atoms with van der Waals surface area (Å²) in [5.74, 6) is 0. The first-order valence-corrected chi connectivity index (χ1v) is 32.6. The Bertz CT molecular complexity index is 2990. The van der Waals surface area contributed by atoms with Crippen LogP contribution in [-0.2, 0) is 10.1 Å². The van der Waals surface area contributed by atoms with Gasteiger partial charge in [-0.3, -0.25) is 0 Å². The molecule has 0 aromatic heterocycles. The molecule has 0 N–H and O–H groups in total. The predicted molar refractivity (Wildman–Crippen MR) is 267 cm³/mol. The quantitative estimate of drug-likeness (QED) is 0.100. The van der Waals surface area contributed by atoms with Crippen LogP contribution >= 0.6 is 40.9 Å². The molecule has 0 atom stereocenters. The van der Waals surface area contributed by atoms with Crippen LogP contribution in [0.4, 0.5) is 0 Å². The van der Waals surface area contributed by atoms with E-state index < -0.39 is 71.6 Å². The molecule has 12 nitrogen and oxygen atoms in total. The molecular formula is C56H52Cl3IO12S2. The Morgan fingerprint density at radius 1 is 0.311 bits per heavy atom. The Hall–Kier alpha value is -4.42. The summed E-state index contributed by atoms with van der Waals surface area (Å²) in [7, 11) is -21.0. The van der Waals surface area contributed by atoms with E-state index in [1.807, 2.05) is 104 Å². The van der Waals surface area contributed by atoms with E-state index in [-0.39, 0.29) is 0 Å². The van der Waals surface area contributed by atoms with Gasteiger partial charge in [0.15, 0.2) is 0 Å². The first kappa shape index (κ1) is 55.8. The van der Waals surface area contributed by atoms with E-state index in [1.165, 1.54) is 0 Å². The fourth-order valence-corrected chi connectivity index (χ4v) is 23.7. The van der Waals surface area contributed by atoms with Crippen LogP contribution in [0.2, 0.25) is 0 Å². The van der Waals surface area contributed by atoms with E-state index in [1.54, 1.807) is 121 Å². The van der Waals surface area contributed by atoms with Gasteiger partial charge < -0.3 is 0 Å². The van der Waals surface area contributed by atoms with Crippen molar-refractivity contribution in [2.45, 2.75) is 84.8 Å². The van der Waals surface area contributed by atoms with Gasteiger partial charge in [0, 0.05) is 0 Å². The zero-order chi connectivity index (χ0) is 53.5. The van der Waals surface area contributed by atoms with Crippen molar-refractivity contribution in [3.63, 3.8) is 0 Å². The normalized spacial score (nSPS) is 13.2. The van der Waals surface area contributed by atoms with Crippen LogP contribution in [0.25, 0.3) is 22.3 Å². The summed E-state index contributed by atoms with van der Waals surface area (Å²) >= 11 is -3.44. The van der Waals surface area contributed by atoms with Crippen molar-refractivity contribution in [3.8, 4) is 22.3 Å². The van der Waals surface area contributed by atoms with Crippen LogP contribution in [0.15, 0.2) is 199 Å². The number of halogens is 4. The van der Waals surface area contributed by atoms with Crippen molar-refractivity contribution in [1.29, 1.82) is 0 Å². The second kappa shape index (κ2) is 21.9. The van der Waals surface area contributed by atoms with E-state index in [4.69, 9.17) is 10.1 Å². The fraction of sp³-hybridized carbons (Fsp3) is 0.143. The third-order valence-electron chi connectivity index (χ3n) is 13.1. The molecule has 0 spiro atoms. The zero-order valence-corrected chi connectivity index (χ0v) is 47.5. The Morgan fingerprint density at radius 2 is 0.554 bits per heavy atom. The topological polar surface area (TPSA) is 235 Å². The molecule has 8 aromatic carbocycles. The number of hydrogen-bond acceptors (Lipinski definition) is 12. The molecule has 0 bridgehead atoms. The second-order valence-electron chi connectivity index (χ2n) is 17.5. The summed E-state index contributed by atoms with van der Waals surface area (Å²) in [4.78, 5) is 3.21. The van der Waals surface area contributed by atoms with E-state index in [0.29, 0.717) is 58.8 Å². The first-order chi connectivity index (χ1) is 34.8. The van der Waals surface area contributed by atoms with E-state index in [2.05, 4.69) is 0 Å². The predicted octanol–water partition coefficient (Wildman–Crippen LogP) is 6.08. The molecular weight excluding hydrogens is 1160 g/mol. The maximum atomic E-state index is 12.7. The maximum absolute atomic E-state index is 12.7. The van der Waals surface area contributed by atoms with Crippen LogP contribution < -0.4 is 41.9 Å². The molecule has 0 radical (unpaired) electrons. The van der Waals surface area contributed by atoms with Crippen molar-refractivity contribution in [2.75, 3.05) is 0 Å². The van der Waals surface area contributed by atoms with Gasteiger partial charge in [0.05, 0.1) is 0 Å². The Labute approximate surface area is 448 Å². The third kappa shape index (κ3) is 11.6. The Kier molecular flexibility index (Phi) is 16.5. The zero-order valence-electron chi connectivity index (χ0n) is 41.4. The van der Waals surface area contributed by atoms with Gasteiger partial charge in [-0.2, -0.15) is 0 Å². The van der Waals surface area contributed by atoms with Gasteiger partial charge >= 0.3 is 400 Å². The molecule has 0 amide bonds. The van der Waals surface area contributed by atoms with Gasteiger partial charge in [-0.05, 0) is 27.7 Å². The number of benzene rings is 8. The molecule has 8 aromatic rings. The Morgan fingerprint density at radius 3 is 0.784 bits per heavy atom. The van der Waals surface area contributed by atoms with Gasteiger partial charge in [-0.15, -0.1) is 0 Å². The van der Waals surface area contributed by atoms with Crippen molar-refractivity contribution in [2.24, 2.45) is 0 Å². The number of rotatable bonds is 16. The average Bonchev–Trinajstić information content (AvgIpc) is 3.35. The second-order valence-corrected chi connectivity index (χ2v) is 30.8. The van der Waals surface area contributed by atoms with Crippen LogP contribution in [0.5, 0.6) is 0 Å². The summed E-state index contributed by atoms with van der Waals surface area (Å²) in [6, 6.07) is 50.1. The summed E-state index contributed by atoms with van der Waals surface area (Å²) in [6.07, 6.45) is 0. The van der Waals surface area contributed by atoms with Gasteiger partial charge in [0.1, 0.15) is 0 Å². The molecule has 0 saturated carbocycles. The summed E-state index contributed by atoms with van der Waals surface area (Å²) in [5, 5.41) is 0. The molecule has 18 heteroatoms. The minimum absolute atomic E-state index is 0.473. The van der Waals surface area contributed by atoms with Crippen LogP contribution in [-0.4, -0.2) is 0 Å². The molecule has 0 aliphatic rings. The van der Waals surface area contributed by atoms with Gasteiger partial charge in [0.2, 0.25) is 0 Å². The van der Waals surface area contributed by atoms with Gasteiger partial charge in [-0.25, -0.2) is 0 Å². The molecule has 388 valence electrons. The molecule has 8 rings (SSSR count). The van der Waals surface area contributed by atoms with Gasteiger partial charge in [-0.1, -0.05) is 24.3 Å². The molecule has 0 saturated heterocycles. The van der Waals surface area contributed by atoms with Crippen molar-refractivity contribution >= 4 is 40.9 Å². The summed E-state index contributed by atoms with van der Waals surface area (Å²) in [6.45, 7) is 15.1. The summed E-state index contributed by atoms with van der Waals surface area (Å²) in [5.41, 5.74) is 9.53. The molecule has 74 heavy (non-hydrogen) atoms. The minimum atomic E-state index is -4.92. The fourth-order valence-electron chi connectivity index (χ4n) is 8.78. The van der Waals surface area contributed by atoms with Crippen LogP contribution in [0.3, 0.4) is 0 Å². The van der Waals surface area contributed by atoms with Crippen molar-refractivity contribution in [3.05, 3.63) is 222 Å². The van der Waals surface area contributed by atoms with E-state index in [0.717, 1.165) is 44.5 Å². The van der Waals surface area contributed by atoms with Crippen LogP contribution in [0.1, 0.15) is 44.5 Å². The molecule has 0 aliphatic carbocycles. The van der Waals surface area contributed by atoms with E-state index >= 15 is 0 Å². The van der Waals surface area contributed by atoms with Gasteiger partial charge in [0.25, 0.3) is 0 Å². The standard InChI is InChI=1S/C56H52Cl3IO12S2/c1-37-13-9-17-53(41(37)5)73(71-58(64,65)66,54-18-10-14-38(2)42(54)6)51-33-25-47(26-34-51)45-21-29-49(30-22-45)60(70-57(61,62)63)50-31-23-46(24-32-50)48-27-35-52(36-28-48)74(72-59(67,68)69,55-19-11-15-39(3)43(55)7)56-20-12-16-40(4)44(56)8/h9-36H,1-8H3. The molecule has 0 fully saturated rings. The number of hydrogen-bond donors (Lipinski definition) is 0. The van der Waals surface area contributed by atoms with Crippen molar-refractivity contribution < 1.29 is 82.8 Å². The summed E-state index contributed by atoms with van der Waals surface area (Å²) < 4.78 is 131. The van der Waals surface area contributed by atoms with E-state index in [9.17, 15) is 41.9 Å². The molecule has 0 aliphatic heterocycles. The molecule has 0 heterocycles.